The molecule has 0 spiro atoms. The van der Waals surface area contributed by atoms with E-state index in [2.05, 4.69) is 37.9 Å². The minimum absolute atomic E-state index is 0.380. The van der Waals surface area contributed by atoms with Crippen molar-refractivity contribution in [2.75, 3.05) is 18.5 Å². The Balaban J connectivity index is 2.71. The van der Waals surface area contributed by atoms with Gasteiger partial charge in [-0.05, 0) is 30.5 Å². The second kappa shape index (κ2) is 5.17. The molecule has 15 heavy (non-hydrogen) atoms. The van der Waals surface area contributed by atoms with E-state index in [1.54, 1.807) is 6.92 Å². The van der Waals surface area contributed by atoms with E-state index in [-0.39, 0.29) is 6.10 Å². The van der Waals surface area contributed by atoms with Crippen LogP contribution in [0, 0.1) is 5.92 Å². The van der Waals surface area contributed by atoms with E-state index in [9.17, 15) is 5.11 Å². The summed E-state index contributed by atoms with van der Waals surface area (Å²) >= 11 is 0. The van der Waals surface area contributed by atoms with E-state index in [0.717, 1.165) is 12.1 Å². The lowest BCUT2D eigenvalue weighted by Crippen LogP contribution is -2.22. The Morgan fingerprint density at radius 1 is 1.13 bits per heavy atom. The number of rotatable bonds is 4. The van der Waals surface area contributed by atoms with E-state index < -0.39 is 0 Å². The van der Waals surface area contributed by atoms with Crippen molar-refractivity contribution in [2.24, 2.45) is 5.92 Å². The third-order valence-electron chi connectivity index (χ3n) is 2.46. The summed E-state index contributed by atoms with van der Waals surface area (Å²) in [6, 6.07) is 8.09. The normalized spacial score (nSPS) is 12.9. The van der Waals surface area contributed by atoms with Crippen LogP contribution in [0.3, 0.4) is 0 Å². The minimum atomic E-state index is -0.380. The fourth-order valence-corrected chi connectivity index (χ4v) is 1.66. The molecule has 1 aromatic carbocycles. The summed E-state index contributed by atoms with van der Waals surface area (Å²) in [7, 11) is 2.09. The van der Waals surface area contributed by atoms with Gasteiger partial charge < -0.3 is 10.0 Å². The average molecular weight is 207 g/mol. The number of aliphatic hydroxyl groups is 1. The molecular weight excluding hydrogens is 186 g/mol. The second-order valence-corrected chi connectivity index (χ2v) is 4.54. The van der Waals surface area contributed by atoms with Gasteiger partial charge in [-0.1, -0.05) is 26.0 Å². The first-order valence-electron chi connectivity index (χ1n) is 5.50. The van der Waals surface area contributed by atoms with Crippen molar-refractivity contribution >= 4 is 5.69 Å². The van der Waals surface area contributed by atoms with Crippen LogP contribution in [-0.2, 0) is 0 Å². The summed E-state index contributed by atoms with van der Waals surface area (Å²) < 4.78 is 0. The molecule has 0 saturated carbocycles. The molecule has 1 atom stereocenters. The van der Waals surface area contributed by atoms with Gasteiger partial charge in [0.15, 0.2) is 0 Å². The highest BCUT2D eigenvalue weighted by Gasteiger charge is 2.04. The highest BCUT2D eigenvalue weighted by molar-refractivity contribution is 5.47. The van der Waals surface area contributed by atoms with Crippen LogP contribution in [0.1, 0.15) is 32.4 Å². The van der Waals surface area contributed by atoms with Gasteiger partial charge in [-0.3, -0.25) is 0 Å². The Kier molecular flexibility index (Phi) is 4.15. The van der Waals surface area contributed by atoms with E-state index in [4.69, 9.17) is 0 Å². The van der Waals surface area contributed by atoms with Gasteiger partial charge in [0, 0.05) is 19.3 Å². The summed E-state index contributed by atoms with van der Waals surface area (Å²) in [6.45, 7) is 7.25. The molecule has 0 aliphatic rings. The van der Waals surface area contributed by atoms with Crippen LogP contribution in [0.4, 0.5) is 5.69 Å². The molecule has 2 heteroatoms. The predicted octanol–water partition coefficient (Wildman–Crippen LogP) is 2.83. The summed E-state index contributed by atoms with van der Waals surface area (Å²) in [6.07, 6.45) is -0.380. The highest BCUT2D eigenvalue weighted by atomic mass is 16.3. The van der Waals surface area contributed by atoms with E-state index in [1.165, 1.54) is 5.69 Å². The van der Waals surface area contributed by atoms with Crippen molar-refractivity contribution in [1.29, 1.82) is 0 Å². The van der Waals surface area contributed by atoms with Gasteiger partial charge in [-0.25, -0.2) is 0 Å². The zero-order valence-corrected chi connectivity index (χ0v) is 10.1. The van der Waals surface area contributed by atoms with Gasteiger partial charge in [0.25, 0.3) is 0 Å². The maximum atomic E-state index is 9.39. The monoisotopic (exact) mass is 207 g/mol. The SMILES string of the molecule is CC(C)CN(C)c1ccc([C@H](C)O)cc1. The molecule has 0 unspecified atom stereocenters. The molecule has 84 valence electrons. The molecule has 0 amide bonds. The van der Waals surface area contributed by atoms with Crippen LogP contribution < -0.4 is 4.90 Å². The molecule has 1 N–H and O–H groups in total. The summed E-state index contributed by atoms with van der Waals surface area (Å²) in [4.78, 5) is 2.23. The first-order valence-corrected chi connectivity index (χ1v) is 5.50. The number of anilines is 1. The molecular formula is C13H21NO. The zero-order chi connectivity index (χ0) is 11.4. The van der Waals surface area contributed by atoms with E-state index >= 15 is 0 Å². The third-order valence-corrected chi connectivity index (χ3v) is 2.46. The van der Waals surface area contributed by atoms with Gasteiger partial charge in [-0.15, -0.1) is 0 Å². The van der Waals surface area contributed by atoms with Gasteiger partial charge in [0.05, 0.1) is 6.10 Å². The number of nitrogens with zero attached hydrogens (tertiary/aromatic N) is 1. The first kappa shape index (κ1) is 12.1. The Labute approximate surface area is 92.5 Å². The van der Waals surface area contributed by atoms with Gasteiger partial charge in [0.1, 0.15) is 0 Å². The highest BCUT2D eigenvalue weighted by Crippen LogP contribution is 2.18. The molecule has 0 aromatic heterocycles. The third kappa shape index (κ3) is 3.56. The van der Waals surface area contributed by atoms with Gasteiger partial charge in [-0.2, -0.15) is 0 Å². The fraction of sp³-hybridized carbons (Fsp3) is 0.538. The summed E-state index contributed by atoms with van der Waals surface area (Å²) in [5.41, 5.74) is 2.17. The Bertz CT molecular complexity index is 290. The van der Waals surface area contributed by atoms with Crippen LogP contribution in [0.5, 0.6) is 0 Å². The maximum Gasteiger partial charge on any atom is 0.0761 e. The van der Waals surface area contributed by atoms with Crippen molar-refractivity contribution in [3.63, 3.8) is 0 Å². The standard InChI is InChI=1S/C13H21NO/c1-10(2)9-14(4)13-7-5-12(6-8-13)11(3)15/h5-8,10-11,15H,9H2,1-4H3/t11-/m0/s1. The number of hydrogen-bond donors (Lipinski definition) is 1. The molecule has 0 saturated heterocycles. The number of aliphatic hydroxyl groups excluding tert-OH is 1. The zero-order valence-electron chi connectivity index (χ0n) is 10.1. The molecule has 0 fully saturated rings. The summed E-state index contributed by atoms with van der Waals surface area (Å²) in [5, 5.41) is 9.39. The Morgan fingerprint density at radius 3 is 2.07 bits per heavy atom. The molecule has 2 nitrogen and oxygen atoms in total. The molecule has 0 bridgehead atoms. The van der Waals surface area contributed by atoms with Crippen LogP contribution in [0.25, 0.3) is 0 Å². The maximum absolute atomic E-state index is 9.39. The van der Waals surface area contributed by atoms with Gasteiger partial charge in [0.2, 0.25) is 0 Å². The molecule has 1 rings (SSSR count). The van der Waals surface area contributed by atoms with Crippen LogP contribution in [0.2, 0.25) is 0 Å². The summed E-state index contributed by atoms with van der Waals surface area (Å²) in [5.74, 6) is 0.659. The molecule has 0 heterocycles. The van der Waals surface area contributed by atoms with Crippen molar-refractivity contribution in [3.05, 3.63) is 29.8 Å². The fourth-order valence-electron chi connectivity index (χ4n) is 1.66. The molecule has 0 aliphatic heterocycles. The lowest BCUT2D eigenvalue weighted by molar-refractivity contribution is 0.199. The average Bonchev–Trinajstić information content (AvgIpc) is 2.17. The van der Waals surface area contributed by atoms with E-state index in [0.29, 0.717) is 5.92 Å². The lowest BCUT2D eigenvalue weighted by atomic mass is 10.1. The van der Waals surface area contributed by atoms with Crippen molar-refractivity contribution in [2.45, 2.75) is 26.9 Å². The van der Waals surface area contributed by atoms with Crippen LogP contribution in [-0.4, -0.2) is 18.7 Å². The van der Waals surface area contributed by atoms with Crippen LogP contribution >= 0.6 is 0 Å². The minimum Gasteiger partial charge on any atom is -0.389 e. The Morgan fingerprint density at radius 2 is 1.67 bits per heavy atom. The lowest BCUT2D eigenvalue weighted by Gasteiger charge is -2.21. The molecule has 0 radical (unpaired) electrons. The predicted molar refractivity (Wildman–Crippen MR) is 65.2 cm³/mol. The van der Waals surface area contributed by atoms with Crippen molar-refractivity contribution < 1.29 is 5.11 Å². The molecule has 1 aromatic rings. The molecule has 0 aliphatic carbocycles. The quantitative estimate of drug-likeness (QED) is 0.820. The number of benzene rings is 1. The Hall–Kier alpha value is -1.02. The van der Waals surface area contributed by atoms with Crippen molar-refractivity contribution in [1.82, 2.24) is 0 Å². The number of hydrogen-bond acceptors (Lipinski definition) is 2. The largest absolute Gasteiger partial charge is 0.389 e. The van der Waals surface area contributed by atoms with Crippen LogP contribution in [0.15, 0.2) is 24.3 Å². The van der Waals surface area contributed by atoms with Gasteiger partial charge >= 0.3 is 0 Å². The first-order chi connectivity index (χ1) is 7.00. The van der Waals surface area contributed by atoms with E-state index in [1.807, 2.05) is 12.1 Å². The topological polar surface area (TPSA) is 23.5 Å². The smallest absolute Gasteiger partial charge is 0.0761 e. The second-order valence-electron chi connectivity index (χ2n) is 4.54. The van der Waals surface area contributed by atoms with Crippen molar-refractivity contribution in [3.8, 4) is 0 Å².